The lowest BCUT2D eigenvalue weighted by molar-refractivity contribution is 1.11. The van der Waals surface area contributed by atoms with E-state index in [0.717, 1.165) is 38.6 Å². The van der Waals surface area contributed by atoms with Crippen molar-refractivity contribution in [2.24, 2.45) is 0 Å². The van der Waals surface area contributed by atoms with Gasteiger partial charge in [-0.05, 0) is 242 Å². The fourth-order valence-electron chi connectivity index (χ4n) is 20.4. The summed E-state index contributed by atoms with van der Waals surface area (Å²) >= 11 is 3.54. The number of aromatic nitrogens is 2. The van der Waals surface area contributed by atoms with Gasteiger partial charge in [-0.25, -0.2) is 0 Å². The molecule has 8 heteroatoms. The molecule has 4 nitrogen and oxygen atoms in total. The third kappa shape index (κ3) is 18.0. The van der Waals surface area contributed by atoms with Crippen molar-refractivity contribution in [3.63, 3.8) is 0 Å². The SMILES string of the molecule is Brc1ccc(-c2ccc([Si](c3ccccc3)(c3ccccc3)c3ccccc3)cc2)cc1.F.[2HH].c1ccc(-c2ccc(N(c3ccc(-c4ccc([Si](c5ccccc5)(c5ccccc5)c5ccccc5)cc4)cc3)c3ccc(-c4ccc5c(c4)c4ccccc4n5-c4ccccc4)cc3)cc2)cc1.c1ccc(-c2ccc(Nc3ccc(-c4ccc5c(c4)c4ccccc4n5-c4ccccc4)cc3)cc2)cc1. The average Bonchev–Trinajstić information content (AvgIpc) is 1.11. The fraction of sp³-hybridized carbons (Fsp3) is 0. The molecule has 0 saturated heterocycles. The van der Waals surface area contributed by atoms with E-state index >= 15 is 0 Å². The van der Waals surface area contributed by atoms with Gasteiger partial charge in [-0.15, -0.1) is 0 Å². The second-order valence-electron chi connectivity index (χ2n) is 35.2. The number of para-hydroxylation sites is 4. The highest BCUT2D eigenvalue weighted by Crippen LogP contribution is 2.42. The Morgan fingerprint density at radius 1 is 0.179 bits per heavy atom. The van der Waals surface area contributed by atoms with E-state index in [4.69, 9.17) is 0 Å². The number of nitrogens with one attached hydrogen (secondary N) is 1. The van der Waals surface area contributed by atoms with Gasteiger partial charge in [0.2, 0.25) is 0 Å². The second-order valence-corrected chi connectivity index (χ2v) is 43.7. The van der Waals surface area contributed by atoms with Crippen LogP contribution < -0.4 is 51.7 Å². The molecule has 24 aromatic rings. The highest BCUT2D eigenvalue weighted by atomic mass is 79.9. The van der Waals surface area contributed by atoms with E-state index in [1.54, 1.807) is 0 Å². The van der Waals surface area contributed by atoms with E-state index in [0.29, 0.717) is 0 Å². The van der Waals surface area contributed by atoms with Crippen LogP contribution in [0.2, 0.25) is 0 Å². The molecule has 0 spiro atoms. The summed E-state index contributed by atoms with van der Waals surface area (Å²) in [5, 5.41) is 19.6. The predicted molar refractivity (Wildman–Crippen MR) is 605 cm³/mol. The number of hydrogen-bond acceptors (Lipinski definition) is 2. The molecule has 0 radical (unpaired) electrons. The molecule has 140 heavy (non-hydrogen) atoms. The van der Waals surface area contributed by atoms with E-state index in [2.05, 4.69) is 612 Å². The van der Waals surface area contributed by atoms with Gasteiger partial charge in [0.1, 0.15) is 0 Å². The maximum Gasteiger partial charge on any atom is 0.179 e. The van der Waals surface area contributed by atoms with Gasteiger partial charge in [-0.3, -0.25) is 4.70 Å². The van der Waals surface area contributed by atoms with E-state index in [1.807, 2.05) is 6.07 Å². The number of halogens is 2. The number of benzene rings is 22. The predicted octanol–water partition coefficient (Wildman–Crippen LogP) is 30.4. The lowest BCUT2D eigenvalue weighted by Gasteiger charge is -2.34. The number of anilines is 5. The molecule has 0 aliphatic carbocycles. The minimum absolute atomic E-state index is 0. The molecular weight excluding hydrogens is 1800 g/mol. The molecule has 0 saturated carbocycles. The van der Waals surface area contributed by atoms with Crippen molar-refractivity contribution in [1.29, 1.82) is 0 Å². The molecule has 0 fully saturated rings. The molecular formula is C132H100BrFN4Si2. The van der Waals surface area contributed by atoms with Crippen LogP contribution in [0.3, 0.4) is 0 Å². The van der Waals surface area contributed by atoms with Crippen LogP contribution in [0.1, 0.15) is 1.43 Å². The van der Waals surface area contributed by atoms with Crippen molar-refractivity contribution >= 4 is 146 Å². The maximum absolute atomic E-state index is 3.54. The largest absolute Gasteiger partial charge is 0.356 e. The third-order valence-electron chi connectivity index (χ3n) is 27.1. The zero-order valence-corrected chi connectivity index (χ0v) is 80.6. The Bertz CT molecular complexity index is 8080. The van der Waals surface area contributed by atoms with Crippen LogP contribution in [-0.4, -0.2) is 25.3 Å². The quantitative estimate of drug-likeness (QED) is 0.0573. The summed E-state index contributed by atoms with van der Waals surface area (Å²) in [5.41, 5.74) is 27.1. The Morgan fingerprint density at radius 3 is 0.664 bits per heavy atom. The van der Waals surface area contributed by atoms with Crippen molar-refractivity contribution < 1.29 is 6.13 Å². The van der Waals surface area contributed by atoms with Gasteiger partial charge in [0, 0.05) is 67.3 Å². The molecule has 670 valence electrons. The standard InChI is InChI=1S/C66H48N2Si.C36H26N2.C30H23BrSi.FH.H2/c1-6-18-49(19-7-1)50-30-39-56(40-31-50)67(58-43-34-53(35-44-58)54-38-47-66-64(48-54)63-28-16-17-29-65(63)68(66)55-20-8-2-9-21-55)57-41-32-51(33-42-57)52-36-45-62(46-37-52)69(59-22-10-3-11-23-59,60-24-12-4-13-25-60)61-26-14-5-15-27-61;1-3-9-26(10-4-1)27-15-20-30(21-16-27)37-31-22-17-28(18-23-31)29-19-24-36-34(25-29)33-13-7-8-14-35(33)38(36)32-11-5-2-6-12-32;31-26-20-16-24(17-21-26)25-18-22-30(23-19-25)32(27-10-4-1-5-11-27,28-12-6-2-7-13-28)29-14-8-3-9-15-29;;/h1-48H;1-25,37H;1-23H;2*1H/i;;;;1+1. The zero-order chi connectivity index (χ0) is 93.1. The molecule has 24 rings (SSSR count). The van der Waals surface area contributed by atoms with E-state index in [1.165, 1.54) is 158 Å². The highest BCUT2D eigenvalue weighted by molar-refractivity contribution is 9.10. The Kier molecular flexibility index (Phi) is 26.1. The molecule has 0 amide bonds. The average molecular weight is 1900 g/mol. The van der Waals surface area contributed by atoms with Crippen LogP contribution in [0.5, 0.6) is 0 Å². The minimum atomic E-state index is -2.62. The van der Waals surface area contributed by atoms with Crippen LogP contribution in [0, 0.1) is 0 Å². The van der Waals surface area contributed by atoms with Crippen LogP contribution in [0.15, 0.2) is 587 Å². The smallest absolute Gasteiger partial charge is 0.179 e. The highest BCUT2D eigenvalue weighted by Gasteiger charge is 2.43. The normalized spacial score (nSPS) is 11.3. The summed E-state index contributed by atoms with van der Waals surface area (Å²) in [6.45, 7) is 0. The summed E-state index contributed by atoms with van der Waals surface area (Å²) in [6.07, 6.45) is 0. The molecule has 0 unspecified atom stereocenters. The van der Waals surface area contributed by atoms with Crippen LogP contribution >= 0.6 is 15.9 Å². The number of nitrogens with zero attached hydrogens (tertiary/aromatic N) is 3. The minimum Gasteiger partial charge on any atom is -0.356 e. The Balaban J connectivity index is 0.000000142. The molecule has 22 aromatic carbocycles. The van der Waals surface area contributed by atoms with Crippen LogP contribution in [-0.2, 0) is 0 Å². The van der Waals surface area contributed by atoms with Crippen molar-refractivity contribution in [1.82, 2.24) is 9.13 Å². The fourth-order valence-corrected chi connectivity index (χ4v) is 30.1. The first-order valence-electron chi connectivity index (χ1n) is 47.5. The first-order chi connectivity index (χ1) is 68.8. The van der Waals surface area contributed by atoms with Gasteiger partial charge in [0.15, 0.2) is 16.1 Å². The first kappa shape index (κ1) is 89.4. The van der Waals surface area contributed by atoms with Crippen LogP contribution in [0.4, 0.5) is 33.1 Å². The molecule has 2 aromatic heterocycles. The molecule has 0 atom stereocenters. The molecule has 2 heterocycles. The lowest BCUT2D eigenvalue weighted by Crippen LogP contribution is -2.74. The number of hydrogen-bond donors (Lipinski definition) is 1. The summed E-state index contributed by atoms with van der Waals surface area (Å²) in [7, 11) is -5.06. The second kappa shape index (κ2) is 40.8. The van der Waals surface area contributed by atoms with Gasteiger partial charge in [0.25, 0.3) is 0 Å². The van der Waals surface area contributed by atoms with Gasteiger partial charge < -0.3 is 19.4 Å². The Hall–Kier alpha value is -17.1. The topological polar surface area (TPSA) is 25.1 Å². The van der Waals surface area contributed by atoms with Gasteiger partial charge in [0.05, 0.1) is 22.1 Å². The molecule has 0 aliphatic heterocycles. The van der Waals surface area contributed by atoms with Gasteiger partial charge >= 0.3 is 0 Å². The monoisotopic (exact) mass is 1900 g/mol. The van der Waals surface area contributed by atoms with Gasteiger partial charge in [-0.1, -0.05) is 465 Å². The summed E-state index contributed by atoms with van der Waals surface area (Å²) < 4.78 is 5.82. The summed E-state index contributed by atoms with van der Waals surface area (Å²) in [5.74, 6) is 0. The first-order valence-corrected chi connectivity index (χ1v) is 52.3. The van der Waals surface area contributed by atoms with Crippen molar-refractivity contribution in [3.05, 3.63) is 587 Å². The number of rotatable bonds is 21. The van der Waals surface area contributed by atoms with Crippen molar-refractivity contribution in [2.45, 2.75) is 0 Å². The molecule has 0 bridgehead atoms. The summed E-state index contributed by atoms with van der Waals surface area (Å²) in [6, 6.07) is 211. The zero-order valence-electron chi connectivity index (χ0n) is 77.1. The van der Waals surface area contributed by atoms with E-state index in [9.17, 15) is 0 Å². The van der Waals surface area contributed by atoms with E-state index < -0.39 is 16.1 Å². The number of fused-ring (bicyclic) bond motifs is 6. The van der Waals surface area contributed by atoms with Crippen molar-refractivity contribution in [3.8, 4) is 78.1 Å². The Labute approximate surface area is 829 Å². The molecule has 1 N–H and O–H groups in total. The lowest BCUT2D eigenvalue weighted by atomic mass is 10.0. The summed E-state index contributed by atoms with van der Waals surface area (Å²) in [4.78, 5) is 2.36. The maximum atomic E-state index is 3.54. The molecule has 0 aliphatic rings. The third-order valence-corrected chi connectivity index (χ3v) is 37.2. The van der Waals surface area contributed by atoms with Gasteiger partial charge in [-0.2, -0.15) is 0 Å². The van der Waals surface area contributed by atoms with E-state index in [-0.39, 0.29) is 6.13 Å². The Morgan fingerprint density at radius 2 is 0.379 bits per heavy atom. The van der Waals surface area contributed by atoms with Crippen molar-refractivity contribution in [2.75, 3.05) is 10.2 Å². The van der Waals surface area contributed by atoms with Crippen LogP contribution in [0.25, 0.3) is 122 Å².